The summed E-state index contributed by atoms with van der Waals surface area (Å²) in [5.41, 5.74) is 3.67. The second kappa shape index (κ2) is 7.74. The van der Waals surface area contributed by atoms with E-state index in [1.165, 1.54) is 5.56 Å². The van der Waals surface area contributed by atoms with Gasteiger partial charge in [-0.05, 0) is 42.7 Å². The Morgan fingerprint density at radius 2 is 2.00 bits per heavy atom. The molecule has 2 aromatic carbocycles. The molecule has 0 aliphatic carbocycles. The first-order chi connectivity index (χ1) is 12.5. The molecule has 0 unspecified atom stereocenters. The van der Waals surface area contributed by atoms with Gasteiger partial charge in [0, 0.05) is 0 Å². The molecule has 0 bridgehead atoms. The highest BCUT2D eigenvalue weighted by Crippen LogP contribution is 2.21. The topological polar surface area (TPSA) is 77.2 Å². The van der Waals surface area contributed by atoms with Crippen LogP contribution in [0.3, 0.4) is 0 Å². The summed E-state index contributed by atoms with van der Waals surface area (Å²) < 4.78 is 11.6. The highest BCUT2D eigenvalue weighted by atomic mass is 16.5. The zero-order valence-electron chi connectivity index (χ0n) is 14.7. The smallest absolute Gasteiger partial charge is 0.440 e. The van der Waals surface area contributed by atoms with Crippen LogP contribution < -0.4 is 16.2 Å². The molecule has 0 amide bonds. The van der Waals surface area contributed by atoms with Crippen LogP contribution in [0.2, 0.25) is 0 Å². The molecular weight excluding hydrogens is 332 g/mol. The Kier molecular flexibility index (Phi) is 5.22. The summed E-state index contributed by atoms with van der Waals surface area (Å²) in [6.45, 7) is 4.65. The van der Waals surface area contributed by atoms with Crippen molar-refractivity contribution in [2.24, 2.45) is 0 Å². The molecule has 0 saturated carbocycles. The maximum absolute atomic E-state index is 11.5. The van der Waals surface area contributed by atoms with Crippen molar-refractivity contribution in [1.29, 1.82) is 0 Å². The Morgan fingerprint density at radius 1 is 1.19 bits per heavy atom. The molecule has 1 N–H and O–H groups in total. The first-order valence-electron chi connectivity index (χ1n) is 8.27. The molecule has 0 aliphatic heterocycles. The minimum absolute atomic E-state index is 0.178. The van der Waals surface area contributed by atoms with E-state index in [1.807, 2.05) is 49.4 Å². The van der Waals surface area contributed by atoms with Gasteiger partial charge in [0.15, 0.2) is 0 Å². The van der Waals surface area contributed by atoms with Crippen LogP contribution in [-0.2, 0) is 13.2 Å². The summed E-state index contributed by atoms with van der Waals surface area (Å²) in [7, 11) is 0. The molecule has 0 saturated heterocycles. The lowest BCUT2D eigenvalue weighted by Crippen LogP contribution is -2.15. The molecule has 1 aromatic heterocycles. The van der Waals surface area contributed by atoms with Crippen molar-refractivity contribution in [1.82, 2.24) is 9.72 Å². The number of nitrogens with zero attached hydrogens (tertiary/aromatic N) is 1. The molecule has 3 aromatic rings. The number of nitrogens with one attached hydrogen (secondary N) is 1. The Balaban J connectivity index is 1.69. The van der Waals surface area contributed by atoms with E-state index in [0.29, 0.717) is 6.61 Å². The van der Waals surface area contributed by atoms with Crippen molar-refractivity contribution in [3.8, 4) is 5.75 Å². The van der Waals surface area contributed by atoms with Gasteiger partial charge in [-0.2, -0.15) is 0 Å². The molecule has 0 fully saturated rings. The van der Waals surface area contributed by atoms with Crippen LogP contribution in [0, 0.1) is 6.92 Å². The summed E-state index contributed by atoms with van der Waals surface area (Å²) in [5, 5.41) is 0. The van der Waals surface area contributed by atoms with E-state index < -0.39 is 11.4 Å². The predicted octanol–water partition coefficient (Wildman–Crippen LogP) is 3.12. The van der Waals surface area contributed by atoms with Gasteiger partial charge in [-0.15, -0.1) is 4.74 Å². The summed E-state index contributed by atoms with van der Waals surface area (Å²) in [6, 6.07) is 15.9. The van der Waals surface area contributed by atoms with Gasteiger partial charge in [0.25, 0.3) is 0 Å². The number of ether oxygens (including phenoxy) is 1. The van der Waals surface area contributed by atoms with Crippen molar-refractivity contribution < 1.29 is 9.26 Å². The van der Waals surface area contributed by atoms with Gasteiger partial charge in [-0.3, -0.25) is 0 Å². The van der Waals surface area contributed by atoms with Gasteiger partial charge < -0.3 is 9.26 Å². The number of H-pyrrole nitrogens is 1. The molecular formula is C20H20N2O4. The third-order valence-corrected chi connectivity index (χ3v) is 3.97. The average molecular weight is 352 g/mol. The van der Waals surface area contributed by atoms with Crippen LogP contribution in [0.1, 0.15) is 23.6 Å². The second-order valence-corrected chi connectivity index (χ2v) is 6.06. The minimum Gasteiger partial charge on any atom is -0.489 e. The number of rotatable bonds is 6. The van der Waals surface area contributed by atoms with E-state index >= 15 is 0 Å². The number of aryl methyl sites for hydroxylation is 1. The minimum atomic E-state index is -0.757. The fourth-order valence-corrected chi connectivity index (χ4v) is 2.57. The summed E-state index contributed by atoms with van der Waals surface area (Å²) >= 11 is 0. The van der Waals surface area contributed by atoms with Gasteiger partial charge in [-0.25, -0.2) is 14.6 Å². The lowest BCUT2D eigenvalue weighted by atomic mass is 10.1. The van der Waals surface area contributed by atoms with E-state index in [9.17, 15) is 9.59 Å². The van der Waals surface area contributed by atoms with Crippen molar-refractivity contribution in [3.63, 3.8) is 0 Å². The molecule has 134 valence electrons. The monoisotopic (exact) mass is 352 g/mol. The lowest BCUT2D eigenvalue weighted by Gasteiger charge is -2.09. The van der Waals surface area contributed by atoms with Crippen LogP contribution in [0.15, 0.2) is 68.7 Å². The van der Waals surface area contributed by atoms with Crippen LogP contribution in [-0.4, -0.2) is 9.72 Å². The predicted molar refractivity (Wildman–Crippen MR) is 99.2 cm³/mol. The molecule has 26 heavy (non-hydrogen) atoms. The molecule has 6 nitrogen and oxygen atoms in total. The summed E-state index contributed by atoms with van der Waals surface area (Å²) in [4.78, 5) is 24.5. The standard InChI is InChI=1S/C20H20N2O4/c1-14-5-3-6-16(11-14)13-25-18-8-4-7-17(12-18)15(2)9-10-22-19(23)21-20(24)26-22/h3-9,11-12H,10,13H2,1-2H3,(H,21,23,24)/b15-9+. The van der Waals surface area contributed by atoms with E-state index in [0.717, 1.165) is 27.2 Å². The third-order valence-electron chi connectivity index (χ3n) is 3.97. The quantitative estimate of drug-likeness (QED) is 0.739. The second-order valence-electron chi connectivity index (χ2n) is 6.06. The van der Waals surface area contributed by atoms with E-state index in [-0.39, 0.29) is 6.54 Å². The zero-order valence-corrected chi connectivity index (χ0v) is 14.7. The molecule has 0 radical (unpaired) electrons. The Hall–Kier alpha value is -3.28. The maximum atomic E-state index is 11.5. The van der Waals surface area contributed by atoms with Gasteiger partial charge in [-0.1, -0.05) is 48.0 Å². The van der Waals surface area contributed by atoms with E-state index in [1.54, 1.807) is 0 Å². The highest BCUT2D eigenvalue weighted by molar-refractivity contribution is 5.64. The van der Waals surface area contributed by atoms with Gasteiger partial charge in [0.2, 0.25) is 0 Å². The Bertz CT molecular complexity index is 1040. The first-order valence-corrected chi connectivity index (χ1v) is 8.27. The van der Waals surface area contributed by atoms with E-state index in [4.69, 9.17) is 9.26 Å². The Labute approximate surface area is 150 Å². The SMILES string of the molecule is C/C(=C\Cn1oc(=O)[nH]c1=O)c1cccc(OCc2cccc(C)c2)c1. The molecule has 6 heteroatoms. The fourth-order valence-electron chi connectivity index (χ4n) is 2.57. The van der Waals surface area contributed by atoms with Crippen molar-refractivity contribution in [3.05, 3.63) is 92.3 Å². The summed E-state index contributed by atoms with van der Waals surface area (Å²) in [5.74, 6) is 0.00898. The number of aromatic nitrogens is 2. The number of hydrogen-bond donors (Lipinski definition) is 1. The normalized spacial score (nSPS) is 11.5. The van der Waals surface area contributed by atoms with Gasteiger partial charge >= 0.3 is 11.4 Å². The third kappa shape index (κ3) is 4.42. The molecule has 0 atom stereocenters. The molecule has 0 aliphatic rings. The Morgan fingerprint density at radius 3 is 2.73 bits per heavy atom. The van der Waals surface area contributed by atoms with Crippen LogP contribution in [0.4, 0.5) is 0 Å². The fraction of sp³-hybridized carbons (Fsp3) is 0.200. The molecule has 0 spiro atoms. The average Bonchev–Trinajstić information content (AvgIpc) is 2.95. The maximum Gasteiger partial charge on any atom is 0.440 e. The van der Waals surface area contributed by atoms with Crippen LogP contribution in [0.25, 0.3) is 5.57 Å². The van der Waals surface area contributed by atoms with E-state index in [2.05, 4.69) is 24.0 Å². The summed E-state index contributed by atoms with van der Waals surface area (Å²) in [6.07, 6.45) is 1.82. The molecule has 3 rings (SSSR count). The van der Waals surface area contributed by atoms with Crippen molar-refractivity contribution >= 4 is 5.57 Å². The number of benzene rings is 2. The van der Waals surface area contributed by atoms with Crippen molar-refractivity contribution in [2.45, 2.75) is 27.0 Å². The van der Waals surface area contributed by atoms with Gasteiger partial charge in [0.1, 0.15) is 12.4 Å². The van der Waals surface area contributed by atoms with Gasteiger partial charge in [0.05, 0.1) is 6.54 Å². The number of aromatic amines is 1. The first kappa shape index (κ1) is 17.5. The number of allylic oxidation sites excluding steroid dienone is 2. The largest absolute Gasteiger partial charge is 0.489 e. The number of hydrogen-bond acceptors (Lipinski definition) is 4. The van der Waals surface area contributed by atoms with Crippen molar-refractivity contribution in [2.75, 3.05) is 0 Å². The lowest BCUT2D eigenvalue weighted by molar-refractivity contribution is 0.261. The van der Waals surface area contributed by atoms with Crippen LogP contribution in [0.5, 0.6) is 5.75 Å². The molecule has 1 heterocycles. The highest BCUT2D eigenvalue weighted by Gasteiger charge is 2.03. The zero-order chi connectivity index (χ0) is 18.5. The van der Waals surface area contributed by atoms with Crippen LogP contribution >= 0.6 is 0 Å².